The van der Waals surface area contributed by atoms with Crippen molar-refractivity contribution in [2.45, 2.75) is 31.2 Å². The average Bonchev–Trinajstić information content (AvgIpc) is 2.61. The molecule has 0 spiro atoms. The summed E-state index contributed by atoms with van der Waals surface area (Å²) in [6, 6.07) is 6.82. The Balaban J connectivity index is 1.83. The number of benzene rings is 1. The molecule has 0 aromatic heterocycles. The van der Waals surface area contributed by atoms with Gasteiger partial charge in [0.05, 0.1) is 31.7 Å². The van der Waals surface area contributed by atoms with Gasteiger partial charge in [-0.15, -0.1) is 0 Å². The van der Waals surface area contributed by atoms with Gasteiger partial charge in [0.1, 0.15) is 6.10 Å². The van der Waals surface area contributed by atoms with Crippen molar-refractivity contribution < 1.29 is 19.4 Å². The van der Waals surface area contributed by atoms with Crippen LogP contribution in [0.3, 0.4) is 0 Å². The minimum atomic E-state index is -0.588. The molecule has 1 heterocycles. The van der Waals surface area contributed by atoms with Crippen molar-refractivity contribution in [1.29, 1.82) is 0 Å². The molecule has 1 aliphatic rings. The minimum absolute atomic E-state index is 0.138. The number of hydrogen-bond acceptors (Lipinski definition) is 5. The second-order valence-electron chi connectivity index (χ2n) is 6.72. The maximum Gasteiger partial charge on any atom is 0.234 e. The molecule has 0 saturated heterocycles. The number of hydrogen-bond donors (Lipinski definition) is 3. The number of likely N-dealkylation sites (N-methyl/N-ethyl adjacent to an activating group) is 1. The molecule has 1 aromatic rings. The summed E-state index contributed by atoms with van der Waals surface area (Å²) in [6.07, 6.45) is 2.62. The highest BCUT2D eigenvalue weighted by atomic mass is 35.5. The number of rotatable bonds is 8. The van der Waals surface area contributed by atoms with Crippen molar-refractivity contribution in [2.24, 2.45) is 0 Å². The molecular weight excluding hydrogens is 370 g/mol. The van der Waals surface area contributed by atoms with Crippen LogP contribution in [0.5, 0.6) is 0 Å². The number of ether oxygens (including phenoxy) is 1. The largest absolute Gasteiger partial charge is 0.394 e. The number of carbonyl (C=O) groups excluding carboxylic acids is 2. The molecule has 0 bridgehead atoms. The molecular formula is C19H26ClN3O4. The van der Waals surface area contributed by atoms with Crippen LogP contribution in [0.4, 0.5) is 0 Å². The van der Waals surface area contributed by atoms with E-state index in [-0.39, 0.29) is 31.4 Å². The van der Waals surface area contributed by atoms with Gasteiger partial charge in [0.25, 0.3) is 0 Å². The van der Waals surface area contributed by atoms with E-state index < -0.39 is 18.2 Å². The third kappa shape index (κ3) is 7.30. The highest BCUT2D eigenvalue weighted by Gasteiger charge is 2.29. The SMILES string of the molecule is CN(C)CC(=O)N[C@@H]1C=C[C@@H](CC(=O)NCc2ccc(Cl)cc2)O[C@H]1CO. The topological polar surface area (TPSA) is 90.9 Å². The van der Waals surface area contributed by atoms with E-state index in [9.17, 15) is 14.7 Å². The van der Waals surface area contributed by atoms with E-state index in [4.69, 9.17) is 16.3 Å². The van der Waals surface area contributed by atoms with Crippen molar-refractivity contribution in [2.75, 3.05) is 27.2 Å². The first-order chi connectivity index (χ1) is 12.9. The highest BCUT2D eigenvalue weighted by Crippen LogP contribution is 2.16. The molecule has 148 valence electrons. The molecule has 27 heavy (non-hydrogen) atoms. The fourth-order valence-corrected chi connectivity index (χ4v) is 2.84. The van der Waals surface area contributed by atoms with Crippen LogP contribution in [0.15, 0.2) is 36.4 Å². The quantitative estimate of drug-likeness (QED) is 0.564. The Kier molecular flexibility index (Phi) is 8.24. The van der Waals surface area contributed by atoms with Gasteiger partial charge < -0.3 is 25.4 Å². The summed E-state index contributed by atoms with van der Waals surface area (Å²) in [5.74, 6) is -0.317. The van der Waals surface area contributed by atoms with Crippen LogP contribution in [-0.4, -0.2) is 67.3 Å². The Morgan fingerprint density at radius 1 is 1.19 bits per heavy atom. The van der Waals surface area contributed by atoms with E-state index in [1.165, 1.54) is 0 Å². The third-order valence-corrected chi connectivity index (χ3v) is 4.29. The maximum atomic E-state index is 12.1. The average molecular weight is 396 g/mol. The van der Waals surface area contributed by atoms with Crippen molar-refractivity contribution in [3.05, 3.63) is 47.0 Å². The highest BCUT2D eigenvalue weighted by molar-refractivity contribution is 6.30. The summed E-state index contributed by atoms with van der Waals surface area (Å²) in [7, 11) is 3.60. The Labute approximate surface area is 164 Å². The van der Waals surface area contributed by atoms with E-state index >= 15 is 0 Å². The number of aliphatic hydroxyl groups is 1. The van der Waals surface area contributed by atoms with Gasteiger partial charge in [0, 0.05) is 11.6 Å². The van der Waals surface area contributed by atoms with Crippen molar-refractivity contribution >= 4 is 23.4 Å². The van der Waals surface area contributed by atoms with Gasteiger partial charge in [-0.2, -0.15) is 0 Å². The first kappa shape index (κ1) is 21.4. The van der Waals surface area contributed by atoms with Crippen LogP contribution in [0, 0.1) is 0 Å². The summed E-state index contributed by atoms with van der Waals surface area (Å²) in [5.41, 5.74) is 0.949. The number of nitrogens with one attached hydrogen (secondary N) is 2. The van der Waals surface area contributed by atoms with Gasteiger partial charge in [-0.25, -0.2) is 0 Å². The standard InChI is InChI=1S/C19H26ClN3O4/c1-23(2)11-19(26)22-16-8-7-15(27-17(16)12-24)9-18(25)21-10-13-3-5-14(20)6-4-13/h3-8,15-17,24H,9-12H2,1-2H3,(H,21,25)(H,22,26)/t15-,16+,17-/m0/s1. The van der Waals surface area contributed by atoms with E-state index in [0.29, 0.717) is 11.6 Å². The number of aliphatic hydroxyl groups excluding tert-OH is 1. The van der Waals surface area contributed by atoms with Gasteiger partial charge in [-0.1, -0.05) is 35.9 Å². The zero-order chi connectivity index (χ0) is 19.8. The number of amides is 2. The normalized spacial score (nSPS) is 21.9. The smallest absolute Gasteiger partial charge is 0.234 e. The predicted molar refractivity (Wildman–Crippen MR) is 103 cm³/mol. The first-order valence-corrected chi connectivity index (χ1v) is 9.15. The van der Waals surface area contributed by atoms with E-state index in [2.05, 4.69) is 10.6 Å². The van der Waals surface area contributed by atoms with E-state index in [0.717, 1.165) is 5.56 Å². The lowest BCUT2D eigenvalue weighted by Gasteiger charge is -2.32. The number of halogens is 1. The lowest BCUT2D eigenvalue weighted by atomic mass is 10.0. The Morgan fingerprint density at radius 2 is 1.89 bits per heavy atom. The predicted octanol–water partition coefficient (Wildman–Crippen LogP) is 0.709. The zero-order valence-electron chi connectivity index (χ0n) is 15.5. The number of carbonyl (C=O) groups is 2. The summed E-state index contributed by atoms with van der Waals surface area (Å²) in [5, 5.41) is 15.8. The second-order valence-corrected chi connectivity index (χ2v) is 7.16. The molecule has 3 N–H and O–H groups in total. The molecule has 7 nitrogen and oxygen atoms in total. The summed E-state index contributed by atoms with van der Waals surface area (Å²) < 4.78 is 5.75. The molecule has 8 heteroatoms. The molecule has 2 amide bonds. The van der Waals surface area contributed by atoms with Crippen LogP contribution in [0.25, 0.3) is 0 Å². The van der Waals surface area contributed by atoms with Crippen molar-refractivity contribution in [3.63, 3.8) is 0 Å². The summed E-state index contributed by atoms with van der Waals surface area (Å²) in [6.45, 7) is 0.401. The Morgan fingerprint density at radius 3 is 2.52 bits per heavy atom. The third-order valence-electron chi connectivity index (χ3n) is 4.04. The van der Waals surface area contributed by atoms with Gasteiger partial charge >= 0.3 is 0 Å². The molecule has 0 unspecified atom stereocenters. The Hall–Kier alpha value is -1.93. The first-order valence-electron chi connectivity index (χ1n) is 8.77. The van der Waals surface area contributed by atoms with Crippen LogP contribution in [0.1, 0.15) is 12.0 Å². The van der Waals surface area contributed by atoms with Gasteiger partial charge in [-0.05, 0) is 31.8 Å². The van der Waals surface area contributed by atoms with Crippen LogP contribution < -0.4 is 10.6 Å². The summed E-state index contributed by atoms with van der Waals surface area (Å²) >= 11 is 5.84. The molecule has 0 fully saturated rings. The molecule has 1 aromatic carbocycles. The van der Waals surface area contributed by atoms with E-state index in [1.54, 1.807) is 43.3 Å². The minimum Gasteiger partial charge on any atom is -0.394 e. The van der Waals surface area contributed by atoms with Crippen molar-refractivity contribution in [1.82, 2.24) is 15.5 Å². The zero-order valence-corrected chi connectivity index (χ0v) is 16.3. The molecule has 0 saturated carbocycles. The monoisotopic (exact) mass is 395 g/mol. The van der Waals surface area contributed by atoms with E-state index in [1.807, 2.05) is 12.1 Å². The fourth-order valence-electron chi connectivity index (χ4n) is 2.71. The van der Waals surface area contributed by atoms with Crippen LogP contribution in [0.2, 0.25) is 5.02 Å². The van der Waals surface area contributed by atoms with Crippen molar-refractivity contribution in [3.8, 4) is 0 Å². The molecule has 0 aliphatic carbocycles. The van der Waals surface area contributed by atoms with Crippen LogP contribution in [-0.2, 0) is 20.9 Å². The van der Waals surface area contributed by atoms with Gasteiger partial charge in [-0.3, -0.25) is 9.59 Å². The summed E-state index contributed by atoms with van der Waals surface area (Å²) in [4.78, 5) is 25.8. The molecule has 1 aliphatic heterocycles. The maximum absolute atomic E-state index is 12.1. The lowest BCUT2D eigenvalue weighted by molar-refractivity contribution is -0.128. The van der Waals surface area contributed by atoms with Crippen LogP contribution >= 0.6 is 11.6 Å². The second kappa shape index (κ2) is 10.4. The molecule has 2 rings (SSSR count). The fraction of sp³-hybridized carbons (Fsp3) is 0.474. The Bertz CT molecular complexity index is 663. The number of nitrogens with zero attached hydrogens (tertiary/aromatic N) is 1. The van der Waals surface area contributed by atoms with Gasteiger partial charge in [0.15, 0.2) is 0 Å². The lowest BCUT2D eigenvalue weighted by Crippen LogP contribution is -2.50. The molecule has 3 atom stereocenters. The molecule has 0 radical (unpaired) electrons. The van der Waals surface area contributed by atoms with Gasteiger partial charge in [0.2, 0.25) is 11.8 Å².